The van der Waals surface area contributed by atoms with Gasteiger partial charge in [-0.2, -0.15) is 0 Å². The van der Waals surface area contributed by atoms with Crippen LogP contribution in [-0.4, -0.2) is 5.78 Å². The van der Waals surface area contributed by atoms with E-state index < -0.39 is 0 Å². The second-order valence-electron chi connectivity index (χ2n) is 5.51. The van der Waals surface area contributed by atoms with E-state index in [1.807, 2.05) is 0 Å². The standard InChI is InChI=1S/C18H18O/c1-13-6-8-14(9-7-13)10-17(19)12-16-11-15-4-2-3-5-18(15)16/h2-9,16H,10-12H2,1H3. The zero-order valence-corrected chi connectivity index (χ0v) is 11.2. The number of rotatable bonds is 4. The number of Topliss-reactive ketones (excluding diaryl/α,β-unsaturated/α-hetero) is 1. The van der Waals surface area contributed by atoms with Gasteiger partial charge in [-0.25, -0.2) is 0 Å². The van der Waals surface area contributed by atoms with Crippen molar-refractivity contribution < 1.29 is 4.79 Å². The first-order chi connectivity index (χ1) is 9.22. The quantitative estimate of drug-likeness (QED) is 0.805. The van der Waals surface area contributed by atoms with Gasteiger partial charge < -0.3 is 0 Å². The number of fused-ring (bicyclic) bond motifs is 1. The summed E-state index contributed by atoms with van der Waals surface area (Å²) in [7, 11) is 0. The molecule has 0 aliphatic heterocycles. The SMILES string of the molecule is Cc1ccc(CC(=O)CC2Cc3ccccc32)cc1. The number of benzene rings is 2. The van der Waals surface area contributed by atoms with Crippen molar-refractivity contribution in [1.29, 1.82) is 0 Å². The highest BCUT2D eigenvalue weighted by molar-refractivity contribution is 5.82. The fraction of sp³-hybridized carbons (Fsp3) is 0.278. The zero-order valence-electron chi connectivity index (χ0n) is 11.2. The van der Waals surface area contributed by atoms with E-state index in [4.69, 9.17) is 0 Å². The number of aryl methyl sites for hydroxylation is 1. The summed E-state index contributed by atoms with van der Waals surface area (Å²) in [6.07, 6.45) is 2.32. The van der Waals surface area contributed by atoms with Crippen molar-refractivity contribution in [2.24, 2.45) is 0 Å². The van der Waals surface area contributed by atoms with Crippen molar-refractivity contribution in [1.82, 2.24) is 0 Å². The van der Waals surface area contributed by atoms with E-state index in [2.05, 4.69) is 55.5 Å². The van der Waals surface area contributed by atoms with Gasteiger partial charge in [-0.3, -0.25) is 4.79 Å². The first kappa shape index (κ1) is 12.2. The molecule has 19 heavy (non-hydrogen) atoms. The van der Waals surface area contributed by atoms with Crippen molar-refractivity contribution in [2.75, 3.05) is 0 Å². The predicted octanol–water partition coefficient (Wildman–Crippen LogP) is 3.84. The highest BCUT2D eigenvalue weighted by Crippen LogP contribution is 2.37. The topological polar surface area (TPSA) is 17.1 Å². The summed E-state index contributed by atoms with van der Waals surface area (Å²) in [5.74, 6) is 0.803. The average Bonchev–Trinajstić information content (AvgIpc) is 2.39. The predicted molar refractivity (Wildman–Crippen MR) is 77.4 cm³/mol. The van der Waals surface area contributed by atoms with E-state index >= 15 is 0 Å². The van der Waals surface area contributed by atoms with E-state index in [0.717, 1.165) is 12.0 Å². The Kier molecular flexibility index (Phi) is 3.20. The fourth-order valence-electron chi connectivity index (χ4n) is 2.83. The van der Waals surface area contributed by atoms with Crippen LogP contribution < -0.4 is 0 Å². The highest BCUT2D eigenvalue weighted by atomic mass is 16.1. The number of hydrogen-bond donors (Lipinski definition) is 0. The van der Waals surface area contributed by atoms with Crippen molar-refractivity contribution >= 4 is 5.78 Å². The minimum Gasteiger partial charge on any atom is -0.299 e. The molecule has 3 rings (SSSR count). The van der Waals surface area contributed by atoms with Gasteiger partial charge in [0, 0.05) is 12.8 Å². The largest absolute Gasteiger partial charge is 0.299 e. The molecular weight excluding hydrogens is 232 g/mol. The third-order valence-electron chi connectivity index (χ3n) is 3.96. The molecular formula is C18H18O. The first-order valence-corrected chi connectivity index (χ1v) is 6.87. The number of carbonyl (C=O) groups is 1. The molecule has 1 heteroatoms. The van der Waals surface area contributed by atoms with Crippen molar-refractivity contribution in [3.8, 4) is 0 Å². The van der Waals surface area contributed by atoms with Gasteiger partial charge in [0.2, 0.25) is 0 Å². The van der Waals surface area contributed by atoms with E-state index in [0.29, 0.717) is 24.5 Å². The van der Waals surface area contributed by atoms with Gasteiger partial charge in [0.1, 0.15) is 5.78 Å². The molecule has 96 valence electrons. The number of ketones is 1. The summed E-state index contributed by atoms with van der Waals surface area (Å²) in [5, 5.41) is 0. The Morgan fingerprint density at radius 1 is 1.11 bits per heavy atom. The van der Waals surface area contributed by atoms with E-state index in [9.17, 15) is 4.79 Å². The summed E-state index contributed by atoms with van der Waals surface area (Å²) in [5.41, 5.74) is 5.16. The molecule has 0 heterocycles. The Bertz CT molecular complexity index is 595. The van der Waals surface area contributed by atoms with Crippen LogP contribution in [0.25, 0.3) is 0 Å². The molecule has 2 aromatic rings. The molecule has 1 nitrogen and oxygen atoms in total. The van der Waals surface area contributed by atoms with Crippen LogP contribution >= 0.6 is 0 Å². The summed E-state index contributed by atoms with van der Waals surface area (Å²) in [4.78, 5) is 12.1. The molecule has 0 aromatic heterocycles. The molecule has 1 aliphatic carbocycles. The van der Waals surface area contributed by atoms with Crippen molar-refractivity contribution in [3.05, 3.63) is 70.8 Å². The van der Waals surface area contributed by atoms with E-state index in [1.165, 1.54) is 16.7 Å². The molecule has 1 unspecified atom stereocenters. The molecule has 0 saturated carbocycles. The Morgan fingerprint density at radius 3 is 2.58 bits per heavy atom. The summed E-state index contributed by atoms with van der Waals surface area (Å²) < 4.78 is 0. The van der Waals surface area contributed by atoms with Crippen LogP contribution in [0.3, 0.4) is 0 Å². The van der Waals surface area contributed by atoms with Gasteiger partial charge in [-0.15, -0.1) is 0 Å². The van der Waals surface area contributed by atoms with Gasteiger partial charge in [0.05, 0.1) is 0 Å². The maximum absolute atomic E-state index is 12.1. The van der Waals surface area contributed by atoms with Crippen molar-refractivity contribution in [2.45, 2.75) is 32.1 Å². The first-order valence-electron chi connectivity index (χ1n) is 6.87. The van der Waals surface area contributed by atoms with Crippen LogP contribution in [0.1, 0.15) is 34.6 Å². The normalized spacial score (nSPS) is 16.6. The second-order valence-corrected chi connectivity index (χ2v) is 5.51. The Balaban J connectivity index is 1.60. The van der Waals surface area contributed by atoms with Gasteiger partial charge >= 0.3 is 0 Å². The molecule has 0 bridgehead atoms. The van der Waals surface area contributed by atoms with Gasteiger partial charge in [0.15, 0.2) is 0 Å². The summed E-state index contributed by atoms with van der Waals surface area (Å²) in [6, 6.07) is 16.7. The molecule has 0 N–H and O–H groups in total. The Labute approximate surface area is 114 Å². The second kappa shape index (κ2) is 5.00. The molecule has 1 atom stereocenters. The van der Waals surface area contributed by atoms with Crippen LogP contribution in [0.5, 0.6) is 0 Å². The van der Waals surface area contributed by atoms with Gasteiger partial charge in [0.25, 0.3) is 0 Å². The molecule has 0 radical (unpaired) electrons. The van der Waals surface area contributed by atoms with Crippen LogP contribution in [0.4, 0.5) is 0 Å². The van der Waals surface area contributed by atoms with Gasteiger partial charge in [-0.05, 0) is 36.0 Å². The smallest absolute Gasteiger partial charge is 0.137 e. The highest BCUT2D eigenvalue weighted by Gasteiger charge is 2.27. The average molecular weight is 250 g/mol. The van der Waals surface area contributed by atoms with E-state index in [1.54, 1.807) is 0 Å². The lowest BCUT2D eigenvalue weighted by Gasteiger charge is -2.29. The monoisotopic (exact) mass is 250 g/mol. The molecule has 0 spiro atoms. The maximum Gasteiger partial charge on any atom is 0.137 e. The zero-order chi connectivity index (χ0) is 13.2. The molecule has 2 aromatic carbocycles. The molecule has 0 amide bonds. The number of carbonyl (C=O) groups excluding carboxylic acids is 1. The fourth-order valence-corrected chi connectivity index (χ4v) is 2.83. The lowest BCUT2D eigenvalue weighted by Crippen LogP contribution is -2.20. The van der Waals surface area contributed by atoms with Crippen LogP contribution in [0.2, 0.25) is 0 Å². The van der Waals surface area contributed by atoms with Crippen LogP contribution in [0, 0.1) is 6.92 Å². The minimum absolute atomic E-state index is 0.350. The van der Waals surface area contributed by atoms with Crippen LogP contribution in [0.15, 0.2) is 48.5 Å². The van der Waals surface area contributed by atoms with Gasteiger partial charge in [-0.1, -0.05) is 54.1 Å². The lowest BCUT2D eigenvalue weighted by atomic mass is 9.75. The third-order valence-corrected chi connectivity index (χ3v) is 3.96. The van der Waals surface area contributed by atoms with Crippen LogP contribution in [-0.2, 0) is 17.6 Å². The Hall–Kier alpha value is -1.89. The Morgan fingerprint density at radius 2 is 1.84 bits per heavy atom. The lowest BCUT2D eigenvalue weighted by molar-refractivity contribution is -0.118. The summed E-state index contributed by atoms with van der Waals surface area (Å²) >= 11 is 0. The minimum atomic E-state index is 0.350. The third kappa shape index (κ3) is 2.60. The number of hydrogen-bond acceptors (Lipinski definition) is 1. The summed E-state index contributed by atoms with van der Waals surface area (Å²) in [6.45, 7) is 2.07. The van der Waals surface area contributed by atoms with Crippen molar-refractivity contribution in [3.63, 3.8) is 0 Å². The molecule has 0 saturated heterocycles. The molecule has 1 aliphatic rings. The molecule has 0 fully saturated rings. The van der Waals surface area contributed by atoms with E-state index in [-0.39, 0.29) is 0 Å². The maximum atomic E-state index is 12.1.